The number of rotatable bonds is 4. The van der Waals surface area contributed by atoms with Gasteiger partial charge in [0, 0.05) is 24.7 Å². The topological polar surface area (TPSA) is 85.9 Å². The minimum atomic E-state index is -1.05. The summed E-state index contributed by atoms with van der Waals surface area (Å²) in [5.41, 5.74) is 2.83. The molecule has 1 aromatic heterocycles. The first-order chi connectivity index (χ1) is 15.9. The summed E-state index contributed by atoms with van der Waals surface area (Å²) < 4.78 is 27.5. The van der Waals surface area contributed by atoms with Crippen molar-refractivity contribution in [2.24, 2.45) is 0 Å². The molecule has 0 spiro atoms. The molecule has 0 bridgehead atoms. The fourth-order valence-electron chi connectivity index (χ4n) is 4.85. The number of halogens is 2. The van der Waals surface area contributed by atoms with E-state index in [4.69, 9.17) is 0 Å². The molecule has 0 unspecified atom stereocenters. The highest BCUT2D eigenvalue weighted by molar-refractivity contribution is 6.01. The van der Waals surface area contributed by atoms with E-state index in [1.807, 2.05) is 12.1 Å². The van der Waals surface area contributed by atoms with Gasteiger partial charge < -0.3 is 0 Å². The number of nitrogens with zero attached hydrogens (tertiary/aromatic N) is 4. The van der Waals surface area contributed by atoms with Crippen LogP contribution in [0.4, 0.5) is 13.6 Å². The van der Waals surface area contributed by atoms with Gasteiger partial charge in [-0.2, -0.15) is 4.39 Å². The van der Waals surface area contributed by atoms with Crippen LogP contribution in [0.25, 0.3) is 0 Å². The molecule has 2 saturated heterocycles. The second kappa shape index (κ2) is 8.51. The number of hydrogen-bond donors (Lipinski definition) is 1. The molecule has 2 fully saturated rings. The van der Waals surface area contributed by atoms with Crippen LogP contribution >= 0.6 is 0 Å². The van der Waals surface area contributed by atoms with E-state index in [2.05, 4.69) is 15.2 Å². The van der Waals surface area contributed by atoms with Crippen molar-refractivity contribution in [3.63, 3.8) is 0 Å². The molecule has 1 N–H and O–H groups in total. The molecular formula is C23H23F2N5O3. The highest BCUT2D eigenvalue weighted by Gasteiger charge is 2.37. The minimum Gasteiger partial charge on any atom is -0.299 e. The molecule has 0 radical (unpaired) electrons. The number of pyridine rings is 1. The standard InChI is InChI=1S/C23H23F2N5O3/c24-20-17(3-7-26-21(20)25)15-4-8-28(9-5-15)12-14-1-2-18-16(11-14)13-30(22(18)32)29-10-6-19(31)27-23(29)33/h1-3,7,11,15H,4-6,8-10,12-13H2,(H,27,31,33). The van der Waals surface area contributed by atoms with Gasteiger partial charge in [0.2, 0.25) is 11.9 Å². The van der Waals surface area contributed by atoms with E-state index in [1.165, 1.54) is 16.2 Å². The largest absolute Gasteiger partial charge is 0.342 e. The molecule has 3 aliphatic heterocycles. The quantitative estimate of drug-likeness (QED) is 0.717. The number of aromatic nitrogens is 1. The molecule has 172 valence electrons. The van der Waals surface area contributed by atoms with Gasteiger partial charge in [0.15, 0.2) is 5.82 Å². The maximum Gasteiger partial charge on any atom is 0.342 e. The van der Waals surface area contributed by atoms with Gasteiger partial charge in [0.25, 0.3) is 5.91 Å². The fourth-order valence-corrected chi connectivity index (χ4v) is 4.85. The van der Waals surface area contributed by atoms with Crippen molar-refractivity contribution >= 4 is 17.8 Å². The maximum atomic E-state index is 14.1. The lowest BCUT2D eigenvalue weighted by Crippen LogP contribution is -2.56. The fraction of sp³-hybridized carbons (Fsp3) is 0.391. The van der Waals surface area contributed by atoms with Crippen LogP contribution in [0.1, 0.15) is 52.2 Å². The zero-order valence-electron chi connectivity index (χ0n) is 17.9. The normalized spacial score (nSPS) is 19.8. The van der Waals surface area contributed by atoms with Crippen molar-refractivity contribution in [1.82, 2.24) is 25.2 Å². The van der Waals surface area contributed by atoms with Crippen molar-refractivity contribution < 1.29 is 23.2 Å². The van der Waals surface area contributed by atoms with Crippen LogP contribution in [0, 0.1) is 11.8 Å². The third-order valence-electron chi connectivity index (χ3n) is 6.59. The van der Waals surface area contributed by atoms with E-state index >= 15 is 0 Å². The van der Waals surface area contributed by atoms with Crippen molar-refractivity contribution in [2.75, 3.05) is 19.6 Å². The highest BCUT2D eigenvalue weighted by Crippen LogP contribution is 2.31. The number of likely N-dealkylation sites (tertiary alicyclic amines) is 1. The number of amides is 4. The molecule has 1 aromatic carbocycles. The van der Waals surface area contributed by atoms with Crippen molar-refractivity contribution in [2.45, 2.75) is 38.3 Å². The highest BCUT2D eigenvalue weighted by atomic mass is 19.2. The summed E-state index contributed by atoms with van der Waals surface area (Å²) in [6, 6.07) is 6.64. The van der Waals surface area contributed by atoms with E-state index in [0.29, 0.717) is 17.7 Å². The first-order valence-electron chi connectivity index (χ1n) is 11.0. The Balaban J connectivity index is 1.22. The average molecular weight is 455 g/mol. The van der Waals surface area contributed by atoms with Gasteiger partial charge >= 0.3 is 6.03 Å². The minimum absolute atomic E-state index is 0.0347. The number of hydrazine groups is 1. The van der Waals surface area contributed by atoms with Crippen molar-refractivity contribution in [1.29, 1.82) is 0 Å². The van der Waals surface area contributed by atoms with Crippen LogP contribution in [0.3, 0.4) is 0 Å². The third kappa shape index (κ3) is 4.06. The molecule has 4 heterocycles. The number of imide groups is 1. The summed E-state index contributed by atoms with van der Waals surface area (Å²) in [5, 5.41) is 4.91. The summed E-state index contributed by atoms with van der Waals surface area (Å²) in [5.74, 6) is -2.54. The Morgan fingerprint density at radius 2 is 1.82 bits per heavy atom. The zero-order chi connectivity index (χ0) is 23.1. The summed E-state index contributed by atoms with van der Waals surface area (Å²) in [7, 11) is 0. The number of urea groups is 1. The Morgan fingerprint density at radius 3 is 2.58 bits per heavy atom. The van der Waals surface area contributed by atoms with Gasteiger partial charge in [0.1, 0.15) is 0 Å². The zero-order valence-corrected chi connectivity index (χ0v) is 17.9. The molecule has 0 atom stereocenters. The molecule has 33 heavy (non-hydrogen) atoms. The van der Waals surface area contributed by atoms with E-state index in [1.54, 1.807) is 12.1 Å². The number of carbonyl (C=O) groups is 3. The Hall–Kier alpha value is -3.40. The lowest BCUT2D eigenvalue weighted by Gasteiger charge is -2.33. The summed E-state index contributed by atoms with van der Waals surface area (Å²) >= 11 is 0. The first kappa shape index (κ1) is 21.4. The average Bonchev–Trinajstić information content (AvgIpc) is 3.12. The van der Waals surface area contributed by atoms with Crippen molar-refractivity contribution in [3.8, 4) is 0 Å². The molecule has 5 rings (SSSR count). The Morgan fingerprint density at radius 1 is 1.03 bits per heavy atom. The van der Waals surface area contributed by atoms with Gasteiger partial charge in [0.05, 0.1) is 13.1 Å². The summed E-state index contributed by atoms with van der Waals surface area (Å²) in [6.07, 6.45) is 2.91. The first-order valence-corrected chi connectivity index (χ1v) is 11.0. The number of carbonyl (C=O) groups excluding carboxylic acids is 3. The Bertz CT molecular complexity index is 1130. The number of nitrogens with one attached hydrogen (secondary N) is 1. The molecule has 2 aromatic rings. The van der Waals surface area contributed by atoms with Crippen LogP contribution in [0.5, 0.6) is 0 Å². The second-order valence-corrected chi connectivity index (χ2v) is 8.64. The maximum absolute atomic E-state index is 14.1. The number of benzene rings is 1. The van der Waals surface area contributed by atoms with E-state index in [-0.39, 0.29) is 37.2 Å². The van der Waals surface area contributed by atoms with Crippen LogP contribution in [-0.4, -0.2) is 57.4 Å². The predicted molar refractivity (Wildman–Crippen MR) is 113 cm³/mol. The smallest absolute Gasteiger partial charge is 0.299 e. The van der Waals surface area contributed by atoms with Crippen LogP contribution in [0.15, 0.2) is 30.5 Å². The summed E-state index contributed by atoms with van der Waals surface area (Å²) in [6.45, 7) is 2.63. The van der Waals surface area contributed by atoms with Gasteiger partial charge in [-0.25, -0.2) is 24.2 Å². The lowest BCUT2D eigenvalue weighted by atomic mass is 9.89. The molecular weight excluding hydrogens is 432 g/mol. The van der Waals surface area contributed by atoms with Crippen molar-refractivity contribution in [3.05, 3.63) is 64.5 Å². The van der Waals surface area contributed by atoms with E-state index in [9.17, 15) is 23.2 Å². The second-order valence-electron chi connectivity index (χ2n) is 8.64. The number of hydrogen-bond acceptors (Lipinski definition) is 5. The van der Waals surface area contributed by atoms with Crippen LogP contribution < -0.4 is 5.32 Å². The molecule has 8 nitrogen and oxygen atoms in total. The number of fused-ring (bicyclic) bond motifs is 1. The van der Waals surface area contributed by atoms with Crippen LogP contribution in [0.2, 0.25) is 0 Å². The Kier molecular flexibility index (Phi) is 5.53. The predicted octanol–water partition coefficient (Wildman–Crippen LogP) is 2.55. The molecule has 4 amide bonds. The molecule has 3 aliphatic rings. The number of piperidine rings is 1. The molecule has 0 saturated carbocycles. The third-order valence-corrected chi connectivity index (χ3v) is 6.59. The van der Waals surface area contributed by atoms with Crippen LogP contribution in [-0.2, 0) is 17.9 Å². The van der Waals surface area contributed by atoms with E-state index in [0.717, 1.165) is 37.1 Å². The molecule has 10 heteroatoms. The van der Waals surface area contributed by atoms with Gasteiger partial charge in [-0.15, -0.1) is 0 Å². The SMILES string of the molecule is O=C1CCN(N2Cc3cc(CN4CCC(c5ccnc(F)c5F)CC4)ccc3C2=O)C(=O)N1. The summed E-state index contributed by atoms with van der Waals surface area (Å²) in [4.78, 5) is 41.9. The van der Waals surface area contributed by atoms with E-state index < -0.39 is 17.8 Å². The van der Waals surface area contributed by atoms with Gasteiger partial charge in [-0.1, -0.05) is 12.1 Å². The van der Waals surface area contributed by atoms with Gasteiger partial charge in [-0.3, -0.25) is 19.8 Å². The monoisotopic (exact) mass is 455 g/mol. The Labute approximate surface area is 189 Å². The molecule has 0 aliphatic carbocycles. The lowest BCUT2D eigenvalue weighted by molar-refractivity contribution is -0.123. The van der Waals surface area contributed by atoms with Gasteiger partial charge in [-0.05, 0) is 60.7 Å².